The smallest absolute Gasteiger partial charge is 0.246 e. The molecule has 0 fully saturated rings. The Morgan fingerprint density at radius 1 is 1.35 bits per heavy atom. The molecule has 1 aromatic carbocycles. The first-order valence-electron chi connectivity index (χ1n) is 4.86. The van der Waals surface area contributed by atoms with E-state index in [1.165, 1.54) is 12.1 Å². The highest BCUT2D eigenvalue weighted by molar-refractivity contribution is 7.89. The molecule has 17 heavy (non-hydrogen) atoms. The number of hydrogen-bond donors (Lipinski definition) is 2. The Labute approximate surface area is 100 Å². The Morgan fingerprint density at radius 3 is 2.29 bits per heavy atom. The summed E-state index contributed by atoms with van der Waals surface area (Å²) < 4.78 is 22.0. The molecule has 0 unspecified atom stereocenters. The molecule has 0 spiro atoms. The molecule has 3 N–H and O–H groups in total. The lowest BCUT2D eigenvalue weighted by molar-refractivity contribution is -0.117. The van der Waals surface area contributed by atoms with Crippen molar-refractivity contribution in [3.63, 3.8) is 0 Å². The van der Waals surface area contributed by atoms with Gasteiger partial charge in [-0.25, -0.2) is 13.6 Å². The number of benzene rings is 1. The number of rotatable bonds is 4. The zero-order valence-electron chi connectivity index (χ0n) is 9.43. The second-order valence-corrected chi connectivity index (χ2v) is 5.21. The number of carbonyl (C=O) groups is 1. The highest BCUT2D eigenvalue weighted by Crippen LogP contribution is 2.08. The number of nitrogens with two attached hydrogens (primary N) is 1. The summed E-state index contributed by atoms with van der Waals surface area (Å²) in [5.74, 6) is -0.236. The van der Waals surface area contributed by atoms with E-state index in [1.54, 1.807) is 19.1 Å². The first-order valence-corrected chi connectivity index (χ1v) is 6.41. The standard InChI is InChI=1S/C11H14N2O3S/c1-8(2)11(14)13-7-9-3-5-10(6-4-9)17(12,15)16/h3-6H,1,7H2,2H3,(H,13,14)(H2,12,15,16). The average molecular weight is 254 g/mol. The van der Waals surface area contributed by atoms with Gasteiger partial charge >= 0.3 is 0 Å². The van der Waals surface area contributed by atoms with Crippen LogP contribution in [0.2, 0.25) is 0 Å². The van der Waals surface area contributed by atoms with E-state index < -0.39 is 10.0 Å². The van der Waals surface area contributed by atoms with E-state index in [0.29, 0.717) is 12.1 Å². The summed E-state index contributed by atoms with van der Waals surface area (Å²) in [4.78, 5) is 11.3. The molecule has 1 aromatic rings. The van der Waals surface area contributed by atoms with E-state index in [0.717, 1.165) is 5.56 Å². The normalized spacial score (nSPS) is 10.9. The van der Waals surface area contributed by atoms with Crippen LogP contribution in [0.25, 0.3) is 0 Å². The average Bonchev–Trinajstić information content (AvgIpc) is 2.25. The van der Waals surface area contributed by atoms with Crippen molar-refractivity contribution in [3.05, 3.63) is 42.0 Å². The minimum Gasteiger partial charge on any atom is -0.348 e. The lowest BCUT2D eigenvalue weighted by Crippen LogP contribution is -2.23. The molecule has 0 aliphatic carbocycles. The molecule has 0 aliphatic heterocycles. The van der Waals surface area contributed by atoms with Crippen LogP contribution in [0.3, 0.4) is 0 Å². The van der Waals surface area contributed by atoms with Crippen molar-refractivity contribution in [3.8, 4) is 0 Å². The molecule has 0 atom stereocenters. The molecule has 0 radical (unpaired) electrons. The van der Waals surface area contributed by atoms with Crippen molar-refractivity contribution >= 4 is 15.9 Å². The quantitative estimate of drug-likeness (QED) is 0.768. The molecule has 0 saturated heterocycles. The van der Waals surface area contributed by atoms with Crippen LogP contribution in [-0.2, 0) is 21.4 Å². The number of hydrogen-bond acceptors (Lipinski definition) is 3. The zero-order chi connectivity index (χ0) is 13.1. The fourth-order valence-corrected chi connectivity index (χ4v) is 1.65. The maximum absolute atomic E-state index is 11.2. The molecule has 0 aromatic heterocycles. The lowest BCUT2D eigenvalue weighted by Gasteiger charge is -2.05. The lowest BCUT2D eigenvalue weighted by atomic mass is 10.2. The Bertz CT molecular complexity index is 532. The largest absolute Gasteiger partial charge is 0.348 e. The minimum absolute atomic E-state index is 0.0486. The van der Waals surface area contributed by atoms with Gasteiger partial charge in [-0.2, -0.15) is 0 Å². The van der Waals surface area contributed by atoms with Crippen LogP contribution in [0.5, 0.6) is 0 Å². The second-order valence-electron chi connectivity index (χ2n) is 3.65. The van der Waals surface area contributed by atoms with E-state index in [9.17, 15) is 13.2 Å². The number of nitrogens with one attached hydrogen (secondary N) is 1. The van der Waals surface area contributed by atoms with Crippen molar-refractivity contribution in [1.29, 1.82) is 0 Å². The minimum atomic E-state index is -3.67. The van der Waals surface area contributed by atoms with Crippen LogP contribution in [-0.4, -0.2) is 14.3 Å². The fraction of sp³-hybridized carbons (Fsp3) is 0.182. The maximum Gasteiger partial charge on any atom is 0.246 e. The molecular weight excluding hydrogens is 240 g/mol. The van der Waals surface area contributed by atoms with Gasteiger partial charge in [0, 0.05) is 12.1 Å². The second kappa shape index (κ2) is 5.11. The molecule has 5 nitrogen and oxygen atoms in total. The van der Waals surface area contributed by atoms with Crippen LogP contribution in [0.1, 0.15) is 12.5 Å². The maximum atomic E-state index is 11.2. The third-order valence-electron chi connectivity index (χ3n) is 2.09. The number of primary sulfonamides is 1. The zero-order valence-corrected chi connectivity index (χ0v) is 10.3. The Hall–Kier alpha value is -1.66. The van der Waals surface area contributed by atoms with Crippen LogP contribution in [0.4, 0.5) is 0 Å². The van der Waals surface area contributed by atoms with E-state index >= 15 is 0 Å². The Morgan fingerprint density at radius 2 is 1.88 bits per heavy atom. The third kappa shape index (κ3) is 4.01. The first-order chi connectivity index (χ1) is 7.80. The highest BCUT2D eigenvalue weighted by Gasteiger charge is 2.07. The van der Waals surface area contributed by atoms with Gasteiger partial charge in [0.15, 0.2) is 0 Å². The van der Waals surface area contributed by atoms with Gasteiger partial charge in [-0.3, -0.25) is 4.79 Å². The number of amides is 1. The van der Waals surface area contributed by atoms with Gasteiger partial charge < -0.3 is 5.32 Å². The van der Waals surface area contributed by atoms with E-state index in [-0.39, 0.29) is 10.8 Å². The molecule has 0 bridgehead atoms. The van der Waals surface area contributed by atoms with Gasteiger partial charge in [-0.15, -0.1) is 0 Å². The van der Waals surface area contributed by atoms with Crippen LogP contribution < -0.4 is 10.5 Å². The van der Waals surface area contributed by atoms with Crippen molar-refractivity contribution in [2.75, 3.05) is 0 Å². The van der Waals surface area contributed by atoms with Crippen molar-refractivity contribution in [1.82, 2.24) is 5.32 Å². The molecule has 0 heterocycles. The third-order valence-corrected chi connectivity index (χ3v) is 3.02. The van der Waals surface area contributed by atoms with E-state index in [1.807, 2.05) is 0 Å². The summed E-state index contributed by atoms with van der Waals surface area (Å²) in [6.07, 6.45) is 0. The van der Waals surface area contributed by atoms with Crippen LogP contribution >= 0.6 is 0 Å². The molecule has 1 amide bonds. The van der Waals surface area contributed by atoms with Gasteiger partial charge in [0.25, 0.3) is 0 Å². The summed E-state index contributed by atoms with van der Waals surface area (Å²) >= 11 is 0. The predicted octanol–water partition coefficient (Wildman–Crippen LogP) is 0.526. The topological polar surface area (TPSA) is 89.3 Å². The van der Waals surface area contributed by atoms with Crippen molar-refractivity contribution < 1.29 is 13.2 Å². The summed E-state index contributed by atoms with van der Waals surface area (Å²) in [5.41, 5.74) is 1.21. The Kier molecular flexibility index (Phi) is 4.03. The summed E-state index contributed by atoms with van der Waals surface area (Å²) in [5, 5.41) is 7.60. The predicted molar refractivity (Wildman–Crippen MR) is 64.5 cm³/mol. The molecule has 0 aliphatic rings. The Balaban J connectivity index is 2.70. The van der Waals surface area contributed by atoms with Crippen LogP contribution in [0, 0.1) is 0 Å². The molecule has 1 rings (SSSR count). The van der Waals surface area contributed by atoms with Gasteiger partial charge in [0.2, 0.25) is 15.9 Å². The van der Waals surface area contributed by atoms with Gasteiger partial charge in [-0.1, -0.05) is 18.7 Å². The van der Waals surface area contributed by atoms with Gasteiger partial charge in [0.1, 0.15) is 0 Å². The van der Waals surface area contributed by atoms with Crippen LogP contribution in [0.15, 0.2) is 41.3 Å². The molecule has 92 valence electrons. The van der Waals surface area contributed by atoms with Gasteiger partial charge in [-0.05, 0) is 24.6 Å². The highest BCUT2D eigenvalue weighted by atomic mass is 32.2. The monoisotopic (exact) mass is 254 g/mol. The number of sulfonamides is 1. The molecule has 0 saturated carbocycles. The first kappa shape index (κ1) is 13.4. The number of carbonyl (C=O) groups excluding carboxylic acids is 1. The van der Waals surface area contributed by atoms with Crippen molar-refractivity contribution in [2.45, 2.75) is 18.4 Å². The van der Waals surface area contributed by atoms with E-state index in [2.05, 4.69) is 11.9 Å². The summed E-state index contributed by atoms with van der Waals surface area (Å²) in [7, 11) is -3.67. The van der Waals surface area contributed by atoms with E-state index in [4.69, 9.17) is 5.14 Å². The SMILES string of the molecule is C=C(C)C(=O)NCc1ccc(S(N)(=O)=O)cc1. The van der Waals surface area contributed by atoms with Gasteiger partial charge in [0.05, 0.1) is 4.90 Å². The summed E-state index contributed by atoms with van der Waals surface area (Å²) in [6.45, 7) is 5.43. The van der Waals surface area contributed by atoms with Crippen molar-refractivity contribution in [2.24, 2.45) is 5.14 Å². The fourth-order valence-electron chi connectivity index (χ4n) is 1.13. The molecular formula is C11H14N2O3S. The molecule has 6 heteroatoms. The summed E-state index contributed by atoms with van der Waals surface area (Å²) in [6, 6.07) is 5.99.